The van der Waals surface area contributed by atoms with E-state index in [0.29, 0.717) is 53.0 Å². The van der Waals surface area contributed by atoms with Gasteiger partial charge in [0.1, 0.15) is 5.75 Å². The number of aliphatic hydroxyl groups is 1. The Morgan fingerprint density at radius 3 is 2.60 bits per heavy atom. The molecule has 0 aliphatic heterocycles. The summed E-state index contributed by atoms with van der Waals surface area (Å²) in [5.74, 6) is -0.633. The van der Waals surface area contributed by atoms with Crippen LogP contribution in [-0.2, 0) is 7.05 Å². The lowest BCUT2D eigenvalue weighted by molar-refractivity contribution is 0.262. The highest BCUT2D eigenvalue weighted by Crippen LogP contribution is 2.29. The number of ether oxygens (including phenoxy) is 1. The maximum atomic E-state index is 14.1. The van der Waals surface area contributed by atoms with Crippen molar-refractivity contribution in [2.75, 3.05) is 29.1 Å². The number of urea groups is 1. The highest BCUT2D eigenvalue weighted by molar-refractivity contribution is 6.01. The minimum atomic E-state index is -0.955. The van der Waals surface area contributed by atoms with Gasteiger partial charge in [-0.25, -0.2) is 14.2 Å². The second-order valence-electron chi connectivity index (χ2n) is 7.78. The fraction of sp³-hybridized carbons (Fsp3) is 0.208. The molecule has 0 fully saturated rings. The number of aromatic nitrogens is 3. The van der Waals surface area contributed by atoms with Crippen molar-refractivity contribution in [3.8, 4) is 11.6 Å². The Morgan fingerprint density at radius 2 is 1.86 bits per heavy atom. The molecule has 182 valence electrons. The molecule has 2 aromatic carbocycles. The Balaban J connectivity index is 1.38. The van der Waals surface area contributed by atoms with Gasteiger partial charge in [0.05, 0.1) is 5.52 Å². The van der Waals surface area contributed by atoms with Gasteiger partial charge >= 0.3 is 6.03 Å². The highest BCUT2D eigenvalue weighted by atomic mass is 19.2. The van der Waals surface area contributed by atoms with Gasteiger partial charge in [0.2, 0.25) is 17.8 Å². The Morgan fingerprint density at radius 1 is 1.11 bits per heavy atom. The maximum absolute atomic E-state index is 14.1. The van der Waals surface area contributed by atoms with Crippen LogP contribution in [0, 0.1) is 18.7 Å². The molecule has 2 aromatic heterocycles. The molecule has 0 unspecified atom stereocenters. The molecule has 9 nitrogen and oxygen atoms in total. The molecule has 4 aromatic rings. The van der Waals surface area contributed by atoms with Crippen LogP contribution >= 0.6 is 0 Å². The fourth-order valence-corrected chi connectivity index (χ4v) is 3.53. The maximum Gasteiger partial charge on any atom is 0.323 e. The van der Waals surface area contributed by atoms with Gasteiger partial charge in [0, 0.05) is 49.2 Å². The molecule has 0 aliphatic carbocycles. The van der Waals surface area contributed by atoms with E-state index in [1.54, 1.807) is 49.5 Å². The van der Waals surface area contributed by atoms with Crippen LogP contribution in [0.25, 0.3) is 10.9 Å². The van der Waals surface area contributed by atoms with Gasteiger partial charge in [-0.05, 0) is 55.3 Å². The summed E-state index contributed by atoms with van der Waals surface area (Å²) in [5, 5.41) is 17.4. The number of carbonyl (C=O) groups excluding carboxylic acids is 1. The molecule has 0 saturated carbocycles. The molecule has 0 bridgehead atoms. The molecule has 2 heterocycles. The first-order valence-electron chi connectivity index (χ1n) is 10.8. The lowest BCUT2D eigenvalue weighted by atomic mass is 10.1. The van der Waals surface area contributed by atoms with Crippen molar-refractivity contribution in [2.24, 2.45) is 7.05 Å². The molecule has 0 atom stereocenters. The molecule has 4 rings (SSSR count). The summed E-state index contributed by atoms with van der Waals surface area (Å²) < 4.78 is 34.8. The van der Waals surface area contributed by atoms with Crippen LogP contribution in [0.4, 0.5) is 30.9 Å². The topological polar surface area (TPSA) is 113 Å². The SMILES string of the molecule is Cc1cc(NC(=O)Nc2ccc(Oc3ccnc(NCCCO)n3)cc2)cc2c1c(F)c(F)n2C. The average Bonchev–Trinajstić information content (AvgIpc) is 3.05. The van der Waals surface area contributed by atoms with Crippen LogP contribution in [0.3, 0.4) is 0 Å². The normalized spacial score (nSPS) is 10.9. The predicted octanol–water partition coefficient (Wildman–Crippen LogP) is 4.79. The molecular weight excluding hydrogens is 458 g/mol. The van der Waals surface area contributed by atoms with Crippen molar-refractivity contribution in [3.05, 3.63) is 66.0 Å². The molecule has 0 aliphatic rings. The zero-order valence-electron chi connectivity index (χ0n) is 19.1. The van der Waals surface area contributed by atoms with E-state index in [-0.39, 0.29) is 12.0 Å². The fourth-order valence-electron chi connectivity index (χ4n) is 3.53. The number of halogens is 2. The lowest BCUT2D eigenvalue weighted by Gasteiger charge is -2.11. The van der Waals surface area contributed by atoms with E-state index >= 15 is 0 Å². The van der Waals surface area contributed by atoms with E-state index in [4.69, 9.17) is 9.84 Å². The molecule has 35 heavy (non-hydrogen) atoms. The second-order valence-corrected chi connectivity index (χ2v) is 7.78. The van der Waals surface area contributed by atoms with Crippen molar-refractivity contribution in [2.45, 2.75) is 13.3 Å². The van der Waals surface area contributed by atoms with Gasteiger partial charge in [0.25, 0.3) is 0 Å². The summed E-state index contributed by atoms with van der Waals surface area (Å²) in [5.41, 5.74) is 1.76. The van der Waals surface area contributed by atoms with Crippen molar-refractivity contribution in [1.29, 1.82) is 0 Å². The summed E-state index contributed by atoms with van der Waals surface area (Å²) in [6, 6.07) is 10.8. The average molecular weight is 482 g/mol. The highest BCUT2D eigenvalue weighted by Gasteiger charge is 2.18. The molecule has 11 heteroatoms. The number of aliphatic hydroxyl groups excluding tert-OH is 1. The molecule has 2 amide bonds. The van der Waals surface area contributed by atoms with Crippen molar-refractivity contribution < 1.29 is 23.4 Å². The molecular formula is C24H24F2N6O3. The summed E-state index contributed by atoms with van der Waals surface area (Å²) in [7, 11) is 1.42. The minimum Gasteiger partial charge on any atom is -0.439 e. The van der Waals surface area contributed by atoms with E-state index in [9.17, 15) is 13.6 Å². The Labute approximate surface area is 199 Å². The third-order valence-electron chi connectivity index (χ3n) is 5.21. The Kier molecular flexibility index (Phi) is 7.06. The first-order valence-corrected chi connectivity index (χ1v) is 10.8. The van der Waals surface area contributed by atoms with E-state index in [2.05, 4.69) is 25.9 Å². The van der Waals surface area contributed by atoms with Gasteiger partial charge in [-0.3, -0.25) is 0 Å². The number of aryl methyl sites for hydroxylation is 2. The summed E-state index contributed by atoms with van der Waals surface area (Å²) in [6.07, 6.45) is 2.13. The van der Waals surface area contributed by atoms with Crippen LogP contribution in [0.5, 0.6) is 11.6 Å². The smallest absolute Gasteiger partial charge is 0.323 e. The first-order chi connectivity index (χ1) is 16.9. The monoisotopic (exact) mass is 482 g/mol. The quantitative estimate of drug-likeness (QED) is 0.269. The number of amides is 2. The summed E-state index contributed by atoms with van der Waals surface area (Å²) >= 11 is 0. The first kappa shape index (κ1) is 23.9. The van der Waals surface area contributed by atoms with Crippen LogP contribution in [-0.4, -0.2) is 38.8 Å². The number of hydrogen-bond donors (Lipinski definition) is 4. The standard InChI is InChI=1S/C24H24F2N6O3/c1-14-12-16(13-18-20(14)21(25)22(26)32(18)2)30-24(34)29-15-4-6-17(7-5-15)35-19-8-10-28-23(31-19)27-9-3-11-33/h4-8,10,12-13,33H,3,9,11H2,1-2H3,(H,27,28,31)(H2,29,30,34). The van der Waals surface area contributed by atoms with Gasteiger partial charge < -0.3 is 30.4 Å². The molecule has 0 radical (unpaired) electrons. The van der Waals surface area contributed by atoms with Crippen molar-refractivity contribution in [3.63, 3.8) is 0 Å². The Hall–Kier alpha value is -4.25. The van der Waals surface area contributed by atoms with E-state index in [1.807, 2.05) is 0 Å². The third-order valence-corrected chi connectivity index (χ3v) is 5.21. The summed E-state index contributed by atoms with van der Waals surface area (Å²) in [4.78, 5) is 20.8. The number of benzene rings is 2. The van der Waals surface area contributed by atoms with E-state index in [1.165, 1.54) is 13.1 Å². The number of carbonyl (C=O) groups is 1. The number of nitrogens with one attached hydrogen (secondary N) is 3. The molecule has 4 N–H and O–H groups in total. The minimum absolute atomic E-state index is 0.0728. The molecule has 0 saturated heterocycles. The predicted molar refractivity (Wildman–Crippen MR) is 129 cm³/mol. The van der Waals surface area contributed by atoms with Crippen molar-refractivity contribution in [1.82, 2.24) is 14.5 Å². The molecule has 0 spiro atoms. The number of fused-ring (bicyclic) bond motifs is 1. The van der Waals surface area contributed by atoms with Gasteiger partial charge in [0.15, 0.2) is 5.82 Å². The number of rotatable bonds is 8. The number of nitrogens with zero attached hydrogens (tertiary/aromatic N) is 3. The van der Waals surface area contributed by atoms with Crippen LogP contribution in [0.1, 0.15) is 12.0 Å². The van der Waals surface area contributed by atoms with Crippen LogP contribution in [0.2, 0.25) is 0 Å². The van der Waals surface area contributed by atoms with Crippen LogP contribution in [0.15, 0.2) is 48.7 Å². The lowest BCUT2D eigenvalue weighted by Crippen LogP contribution is -2.19. The largest absolute Gasteiger partial charge is 0.439 e. The number of hydrogen-bond acceptors (Lipinski definition) is 6. The van der Waals surface area contributed by atoms with Crippen LogP contribution < -0.4 is 20.7 Å². The van der Waals surface area contributed by atoms with Gasteiger partial charge in [-0.15, -0.1) is 0 Å². The van der Waals surface area contributed by atoms with Gasteiger partial charge in [-0.1, -0.05) is 0 Å². The third kappa shape index (κ3) is 5.46. The van der Waals surface area contributed by atoms with Crippen molar-refractivity contribution >= 4 is 34.3 Å². The Bertz CT molecular complexity index is 1360. The zero-order chi connectivity index (χ0) is 24.9. The zero-order valence-corrected chi connectivity index (χ0v) is 19.1. The van der Waals surface area contributed by atoms with E-state index < -0.39 is 17.8 Å². The summed E-state index contributed by atoms with van der Waals surface area (Å²) in [6.45, 7) is 2.26. The van der Waals surface area contributed by atoms with E-state index in [0.717, 1.165) is 4.57 Å². The number of anilines is 3. The van der Waals surface area contributed by atoms with Gasteiger partial charge in [-0.2, -0.15) is 9.37 Å². The second kappa shape index (κ2) is 10.3.